The van der Waals surface area contributed by atoms with Crippen LogP contribution in [0.25, 0.3) is 0 Å². The summed E-state index contributed by atoms with van der Waals surface area (Å²) < 4.78 is 6.43. The summed E-state index contributed by atoms with van der Waals surface area (Å²) in [7, 11) is 0. The van der Waals surface area contributed by atoms with Crippen molar-refractivity contribution in [2.24, 2.45) is 11.8 Å². The molecule has 2 heteroatoms. The minimum Gasteiger partial charge on any atom is -0.381 e. The van der Waals surface area contributed by atoms with Gasteiger partial charge in [0.15, 0.2) is 0 Å². The summed E-state index contributed by atoms with van der Waals surface area (Å²) in [5, 5.41) is 4.02. The lowest BCUT2D eigenvalue weighted by atomic mass is 9.71. The molecule has 2 aliphatic heterocycles. The molecule has 0 radical (unpaired) electrons. The third-order valence-electron chi connectivity index (χ3n) is 7.77. The molecule has 0 bridgehead atoms. The van der Waals surface area contributed by atoms with E-state index in [9.17, 15) is 0 Å². The van der Waals surface area contributed by atoms with Crippen molar-refractivity contribution >= 4 is 5.69 Å². The van der Waals surface area contributed by atoms with Crippen LogP contribution in [0.5, 0.6) is 0 Å². The molecular weight excluding hydrogens is 318 g/mol. The molecule has 1 aromatic rings. The summed E-state index contributed by atoms with van der Waals surface area (Å²) in [6.07, 6.45) is 17.0. The van der Waals surface area contributed by atoms with Gasteiger partial charge in [0.2, 0.25) is 0 Å². The minimum absolute atomic E-state index is 0.343. The first-order valence-electron chi connectivity index (χ1n) is 11.4. The van der Waals surface area contributed by atoms with Gasteiger partial charge in [-0.2, -0.15) is 0 Å². The van der Waals surface area contributed by atoms with Gasteiger partial charge < -0.3 is 10.1 Å². The SMILES string of the molecule is c1cc2c(cc1C1CCCCC1)[C@H]1OCCC[C@H]1[C@H](C1CCCCC1)N2. The van der Waals surface area contributed by atoms with Crippen molar-refractivity contribution in [3.05, 3.63) is 29.3 Å². The Morgan fingerprint density at radius 3 is 2.38 bits per heavy atom. The number of anilines is 1. The van der Waals surface area contributed by atoms with Crippen LogP contribution in [0.4, 0.5) is 5.69 Å². The largest absolute Gasteiger partial charge is 0.381 e. The molecule has 0 unspecified atom stereocenters. The summed E-state index contributed by atoms with van der Waals surface area (Å²) in [4.78, 5) is 0. The summed E-state index contributed by atoms with van der Waals surface area (Å²) in [6.45, 7) is 0.950. The number of nitrogens with one attached hydrogen (secondary N) is 1. The number of fused-ring (bicyclic) bond motifs is 3. The number of rotatable bonds is 2. The number of ether oxygens (including phenoxy) is 1. The fourth-order valence-electron chi connectivity index (χ4n) is 6.38. The van der Waals surface area contributed by atoms with Crippen LogP contribution in [0, 0.1) is 11.8 Å². The second-order valence-electron chi connectivity index (χ2n) is 9.35. The predicted molar refractivity (Wildman–Crippen MR) is 108 cm³/mol. The van der Waals surface area contributed by atoms with Crippen molar-refractivity contribution in [2.45, 2.75) is 95.1 Å². The van der Waals surface area contributed by atoms with E-state index in [-0.39, 0.29) is 0 Å². The van der Waals surface area contributed by atoms with E-state index in [2.05, 4.69) is 23.5 Å². The van der Waals surface area contributed by atoms with E-state index in [4.69, 9.17) is 4.74 Å². The number of hydrogen-bond acceptors (Lipinski definition) is 2. The summed E-state index contributed by atoms with van der Waals surface area (Å²) in [5.74, 6) is 2.32. The van der Waals surface area contributed by atoms with Crippen LogP contribution in [0.3, 0.4) is 0 Å². The van der Waals surface area contributed by atoms with Crippen molar-refractivity contribution < 1.29 is 4.74 Å². The second kappa shape index (κ2) is 7.54. The Morgan fingerprint density at radius 2 is 1.58 bits per heavy atom. The average molecular weight is 354 g/mol. The molecule has 1 aromatic carbocycles. The van der Waals surface area contributed by atoms with Crippen molar-refractivity contribution in [2.75, 3.05) is 11.9 Å². The van der Waals surface area contributed by atoms with Crippen LogP contribution in [-0.4, -0.2) is 12.6 Å². The maximum Gasteiger partial charge on any atom is 0.0892 e. The molecule has 3 atom stereocenters. The number of benzene rings is 1. The van der Waals surface area contributed by atoms with Gasteiger partial charge in [0, 0.05) is 29.8 Å². The third-order valence-corrected chi connectivity index (χ3v) is 7.77. The molecule has 0 aromatic heterocycles. The highest BCUT2D eigenvalue weighted by atomic mass is 16.5. The smallest absolute Gasteiger partial charge is 0.0892 e. The Kier molecular flexibility index (Phi) is 4.96. The molecule has 142 valence electrons. The molecule has 5 rings (SSSR count). The van der Waals surface area contributed by atoms with Crippen LogP contribution in [-0.2, 0) is 4.74 Å². The normalized spacial score (nSPS) is 33.2. The molecule has 0 amide bonds. The average Bonchev–Trinajstić information content (AvgIpc) is 2.74. The van der Waals surface area contributed by atoms with E-state index in [0.717, 1.165) is 18.4 Å². The van der Waals surface area contributed by atoms with Crippen LogP contribution in [0.15, 0.2) is 18.2 Å². The Labute approximate surface area is 159 Å². The van der Waals surface area contributed by atoms with Crippen LogP contribution < -0.4 is 5.32 Å². The van der Waals surface area contributed by atoms with Gasteiger partial charge in [0.05, 0.1) is 6.10 Å². The highest BCUT2D eigenvalue weighted by Gasteiger charge is 2.42. The zero-order valence-corrected chi connectivity index (χ0v) is 16.2. The Balaban J connectivity index is 1.45. The summed E-state index contributed by atoms with van der Waals surface area (Å²) in [5.41, 5.74) is 4.43. The van der Waals surface area contributed by atoms with Crippen molar-refractivity contribution in [3.8, 4) is 0 Å². The first-order valence-corrected chi connectivity index (χ1v) is 11.4. The van der Waals surface area contributed by atoms with Gasteiger partial charge >= 0.3 is 0 Å². The lowest BCUT2D eigenvalue weighted by Gasteiger charge is -2.47. The second-order valence-corrected chi connectivity index (χ2v) is 9.35. The van der Waals surface area contributed by atoms with E-state index < -0.39 is 0 Å². The maximum atomic E-state index is 6.43. The van der Waals surface area contributed by atoms with Gasteiger partial charge in [-0.05, 0) is 62.0 Å². The lowest BCUT2D eigenvalue weighted by Crippen LogP contribution is -2.46. The van der Waals surface area contributed by atoms with Crippen LogP contribution in [0.1, 0.15) is 100 Å². The third kappa shape index (κ3) is 3.19. The first-order chi connectivity index (χ1) is 12.9. The van der Waals surface area contributed by atoms with Crippen molar-refractivity contribution in [1.82, 2.24) is 0 Å². The number of hydrogen-bond donors (Lipinski definition) is 1. The molecule has 2 aliphatic carbocycles. The molecular formula is C24H35NO. The quantitative estimate of drug-likeness (QED) is 0.648. The van der Waals surface area contributed by atoms with Crippen molar-refractivity contribution in [1.29, 1.82) is 0 Å². The van der Waals surface area contributed by atoms with E-state index >= 15 is 0 Å². The molecule has 2 nitrogen and oxygen atoms in total. The first kappa shape index (κ1) is 17.1. The highest BCUT2D eigenvalue weighted by molar-refractivity contribution is 5.58. The van der Waals surface area contributed by atoms with Gasteiger partial charge in [-0.25, -0.2) is 0 Å². The van der Waals surface area contributed by atoms with Crippen LogP contribution in [0.2, 0.25) is 0 Å². The Morgan fingerprint density at radius 1 is 0.808 bits per heavy atom. The van der Waals surface area contributed by atoms with E-state index in [1.165, 1.54) is 88.3 Å². The molecule has 0 spiro atoms. The van der Waals surface area contributed by atoms with Gasteiger partial charge in [-0.3, -0.25) is 0 Å². The highest BCUT2D eigenvalue weighted by Crippen LogP contribution is 2.48. The topological polar surface area (TPSA) is 21.3 Å². The molecule has 2 heterocycles. The zero-order valence-electron chi connectivity index (χ0n) is 16.2. The molecule has 2 saturated carbocycles. The van der Waals surface area contributed by atoms with E-state index in [0.29, 0.717) is 18.1 Å². The monoisotopic (exact) mass is 353 g/mol. The molecule has 1 saturated heterocycles. The fraction of sp³-hybridized carbons (Fsp3) is 0.750. The summed E-state index contributed by atoms with van der Waals surface area (Å²) in [6, 6.07) is 7.97. The predicted octanol–water partition coefficient (Wildman–Crippen LogP) is 6.58. The van der Waals surface area contributed by atoms with Crippen molar-refractivity contribution in [3.63, 3.8) is 0 Å². The van der Waals surface area contributed by atoms with Gasteiger partial charge in [0.1, 0.15) is 0 Å². The zero-order chi connectivity index (χ0) is 17.3. The standard InChI is InChI=1S/C24H35NO/c1-3-8-17(9-4-1)19-13-14-22-21(16-19)24-20(12-7-15-26-24)23(25-22)18-10-5-2-6-11-18/h13-14,16-18,20,23-25H,1-12,15H2/t20-,23-,24-/m0/s1. The Bertz CT molecular complexity index is 615. The van der Waals surface area contributed by atoms with E-state index in [1.807, 2.05) is 0 Å². The molecule has 26 heavy (non-hydrogen) atoms. The minimum atomic E-state index is 0.343. The lowest BCUT2D eigenvalue weighted by molar-refractivity contribution is -0.0458. The van der Waals surface area contributed by atoms with Gasteiger partial charge in [0.25, 0.3) is 0 Å². The van der Waals surface area contributed by atoms with Gasteiger partial charge in [-0.15, -0.1) is 0 Å². The van der Waals surface area contributed by atoms with E-state index in [1.54, 1.807) is 5.56 Å². The Hall–Kier alpha value is -1.02. The molecule has 1 N–H and O–H groups in total. The van der Waals surface area contributed by atoms with Crippen LogP contribution >= 0.6 is 0 Å². The maximum absolute atomic E-state index is 6.43. The van der Waals surface area contributed by atoms with Gasteiger partial charge in [-0.1, -0.05) is 50.7 Å². The molecule has 3 fully saturated rings. The fourth-order valence-corrected chi connectivity index (χ4v) is 6.38. The summed E-state index contributed by atoms with van der Waals surface area (Å²) >= 11 is 0. The molecule has 4 aliphatic rings.